The highest BCUT2D eigenvalue weighted by Crippen LogP contribution is 2.29. The minimum atomic E-state index is -0.643. The van der Waals surface area contributed by atoms with E-state index in [2.05, 4.69) is 39.5 Å². The maximum atomic E-state index is 12.3. The number of aromatic nitrogens is 1. The smallest absolute Gasteiger partial charge is 0.295 e. The molecule has 2 aromatic carbocycles. The molecular weight excluding hydrogens is 370 g/mol. The van der Waals surface area contributed by atoms with Gasteiger partial charge < -0.3 is 0 Å². The Morgan fingerprint density at radius 1 is 1.11 bits per heavy atom. The second-order valence-electron chi connectivity index (χ2n) is 6.98. The predicted octanol–water partition coefficient (Wildman–Crippen LogP) is 3.83. The van der Waals surface area contributed by atoms with E-state index in [1.165, 1.54) is 16.9 Å². The fourth-order valence-electron chi connectivity index (χ4n) is 3.27. The Morgan fingerprint density at radius 3 is 2.61 bits per heavy atom. The summed E-state index contributed by atoms with van der Waals surface area (Å²) in [6.45, 7) is 4.58. The van der Waals surface area contributed by atoms with Crippen molar-refractivity contribution in [2.24, 2.45) is 0 Å². The van der Waals surface area contributed by atoms with Gasteiger partial charge in [-0.15, -0.1) is 11.3 Å². The zero-order valence-electron chi connectivity index (χ0n) is 15.6. The van der Waals surface area contributed by atoms with E-state index in [1.54, 1.807) is 12.1 Å². The third-order valence-corrected chi connectivity index (χ3v) is 5.80. The van der Waals surface area contributed by atoms with Crippen molar-refractivity contribution in [3.05, 3.63) is 81.9 Å². The zero-order valence-corrected chi connectivity index (χ0v) is 16.5. The summed E-state index contributed by atoms with van der Waals surface area (Å²) in [5.41, 5.74) is 3.74. The quantitative estimate of drug-likeness (QED) is 0.530. The summed E-state index contributed by atoms with van der Waals surface area (Å²) < 4.78 is 0. The number of Topliss-reactive ketones (excluding diaryl/α,β-unsaturated/α-hetero) is 1. The highest BCUT2D eigenvalue weighted by molar-refractivity contribution is 7.16. The second-order valence-corrected chi connectivity index (χ2v) is 8.07. The molecule has 0 unspecified atom stereocenters. The molecule has 28 heavy (non-hydrogen) atoms. The van der Waals surface area contributed by atoms with Crippen LogP contribution in [0.15, 0.2) is 54.6 Å². The molecule has 0 spiro atoms. The summed E-state index contributed by atoms with van der Waals surface area (Å²) in [6.07, 6.45) is 0.848. The molecule has 0 atom stereocenters. The third-order valence-electron chi connectivity index (χ3n) is 4.80. The number of carbonyl (C=O) groups excluding carboxylic acids is 2. The van der Waals surface area contributed by atoms with Gasteiger partial charge in [-0.3, -0.25) is 19.8 Å². The van der Waals surface area contributed by atoms with Crippen molar-refractivity contribution in [1.82, 2.24) is 9.88 Å². The number of fused-ring (bicyclic) bond motifs is 1. The third kappa shape index (κ3) is 4.18. The molecule has 6 heteroatoms. The van der Waals surface area contributed by atoms with Gasteiger partial charge in [-0.05, 0) is 12.5 Å². The van der Waals surface area contributed by atoms with Crippen molar-refractivity contribution < 1.29 is 9.59 Å². The first-order valence-electron chi connectivity index (χ1n) is 9.26. The van der Waals surface area contributed by atoms with Gasteiger partial charge in [0.25, 0.3) is 11.7 Å². The topological polar surface area (TPSA) is 62.3 Å². The van der Waals surface area contributed by atoms with E-state index in [4.69, 9.17) is 0 Å². The summed E-state index contributed by atoms with van der Waals surface area (Å²) in [5, 5.41) is 3.17. The predicted molar refractivity (Wildman–Crippen MR) is 111 cm³/mol. The lowest BCUT2D eigenvalue weighted by molar-refractivity contribution is -0.112. The Morgan fingerprint density at radius 2 is 1.86 bits per heavy atom. The molecule has 4 rings (SSSR count). The van der Waals surface area contributed by atoms with Crippen molar-refractivity contribution in [2.75, 3.05) is 11.9 Å². The normalized spacial score (nSPS) is 13.8. The van der Waals surface area contributed by atoms with Crippen LogP contribution in [-0.4, -0.2) is 28.1 Å². The largest absolute Gasteiger partial charge is 0.298 e. The Kier molecular flexibility index (Phi) is 5.32. The van der Waals surface area contributed by atoms with E-state index in [0.717, 1.165) is 42.2 Å². The number of nitrogens with one attached hydrogen (secondary N) is 1. The molecule has 5 nitrogen and oxygen atoms in total. The van der Waals surface area contributed by atoms with Crippen molar-refractivity contribution in [3.63, 3.8) is 0 Å². The molecule has 1 aliphatic rings. The van der Waals surface area contributed by atoms with Crippen LogP contribution in [-0.2, 0) is 24.3 Å². The van der Waals surface area contributed by atoms with Crippen LogP contribution >= 0.6 is 11.3 Å². The van der Waals surface area contributed by atoms with Gasteiger partial charge in [0.05, 0.1) is 5.69 Å². The zero-order chi connectivity index (χ0) is 19.5. The lowest BCUT2D eigenvalue weighted by Crippen LogP contribution is -2.29. The molecule has 0 saturated heterocycles. The number of ketones is 1. The average molecular weight is 391 g/mol. The lowest BCUT2D eigenvalue weighted by Gasteiger charge is -2.25. The Bertz CT molecular complexity index is 996. The summed E-state index contributed by atoms with van der Waals surface area (Å²) >= 11 is 1.46. The molecule has 0 aliphatic carbocycles. The van der Waals surface area contributed by atoms with Gasteiger partial charge in [-0.25, -0.2) is 4.98 Å². The van der Waals surface area contributed by atoms with Gasteiger partial charge in [0.1, 0.15) is 0 Å². The first kappa shape index (κ1) is 18.5. The first-order chi connectivity index (χ1) is 13.6. The second kappa shape index (κ2) is 8.04. The molecule has 2 heterocycles. The van der Waals surface area contributed by atoms with Crippen LogP contribution in [0.5, 0.6) is 0 Å². The Balaban J connectivity index is 1.40. The van der Waals surface area contributed by atoms with E-state index < -0.39 is 11.7 Å². The van der Waals surface area contributed by atoms with Crippen LogP contribution in [0.25, 0.3) is 0 Å². The first-order valence-corrected chi connectivity index (χ1v) is 10.1. The number of rotatable bonds is 5. The summed E-state index contributed by atoms with van der Waals surface area (Å²) in [5.74, 6) is -1.19. The maximum absolute atomic E-state index is 12.3. The van der Waals surface area contributed by atoms with Crippen LogP contribution in [0.3, 0.4) is 0 Å². The van der Waals surface area contributed by atoms with Gasteiger partial charge in [0, 0.05) is 36.5 Å². The Labute approximate surface area is 168 Å². The number of hydrogen-bond acceptors (Lipinski definition) is 5. The van der Waals surface area contributed by atoms with Gasteiger partial charge >= 0.3 is 0 Å². The van der Waals surface area contributed by atoms with Gasteiger partial charge in [-0.2, -0.15) is 0 Å². The number of hydrogen-bond donors (Lipinski definition) is 1. The van der Waals surface area contributed by atoms with Crippen LogP contribution in [0, 0.1) is 6.92 Å². The summed E-state index contributed by atoms with van der Waals surface area (Å²) in [4.78, 5) is 32.7. The fourth-order valence-corrected chi connectivity index (χ4v) is 4.31. The minimum absolute atomic E-state index is 0.387. The average Bonchev–Trinajstić information content (AvgIpc) is 3.10. The molecule has 0 saturated carbocycles. The maximum Gasteiger partial charge on any atom is 0.298 e. The number of thiazole rings is 1. The number of carbonyl (C=O) groups is 2. The SMILES string of the molecule is Cc1ccc(C(=O)C(=O)Nc2nc3c(s2)CN(Cc2ccccc2)CC3)cc1. The summed E-state index contributed by atoms with van der Waals surface area (Å²) in [6, 6.07) is 17.4. The van der Waals surface area contributed by atoms with Crippen LogP contribution in [0.2, 0.25) is 0 Å². The molecule has 1 amide bonds. The molecule has 0 bridgehead atoms. The highest BCUT2D eigenvalue weighted by atomic mass is 32.1. The van der Waals surface area contributed by atoms with Crippen molar-refractivity contribution in [1.29, 1.82) is 0 Å². The number of benzene rings is 2. The van der Waals surface area contributed by atoms with Crippen molar-refractivity contribution in [3.8, 4) is 0 Å². The van der Waals surface area contributed by atoms with Crippen LogP contribution in [0.4, 0.5) is 5.13 Å². The van der Waals surface area contributed by atoms with Gasteiger partial charge in [-0.1, -0.05) is 60.2 Å². The number of aryl methyl sites for hydroxylation is 1. The van der Waals surface area contributed by atoms with E-state index >= 15 is 0 Å². The molecule has 1 aromatic heterocycles. The van der Waals surface area contributed by atoms with Gasteiger partial charge in [0.2, 0.25) is 0 Å². The van der Waals surface area contributed by atoms with Crippen molar-refractivity contribution >= 4 is 28.2 Å². The molecule has 3 aromatic rings. The monoisotopic (exact) mass is 391 g/mol. The van der Waals surface area contributed by atoms with E-state index in [9.17, 15) is 9.59 Å². The highest BCUT2D eigenvalue weighted by Gasteiger charge is 2.23. The van der Waals surface area contributed by atoms with E-state index in [-0.39, 0.29) is 0 Å². The van der Waals surface area contributed by atoms with Crippen LogP contribution in [0.1, 0.15) is 32.1 Å². The van der Waals surface area contributed by atoms with Gasteiger partial charge in [0.15, 0.2) is 5.13 Å². The number of anilines is 1. The van der Waals surface area contributed by atoms with Crippen LogP contribution < -0.4 is 5.32 Å². The number of amides is 1. The molecule has 0 radical (unpaired) electrons. The Hall–Kier alpha value is -2.83. The molecule has 142 valence electrons. The minimum Gasteiger partial charge on any atom is -0.295 e. The van der Waals surface area contributed by atoms with E-state index in [0.29, 0.717) is 10.7 Å². The van der Waals surface area contributed by atoms with E-state index in [1.807, 2.05) is 25.1 Å². The molecule has 1 aliphatic heterocycles. The lowest BCUT2D eigenvalue weighted by atomic mass is 10.1. The molecular formula is C22H21N3O2S. The molecule has 1 N–H and O–H groups in total. The standard InChI is InChI=1S/C22H21N3O2S/c1-15-7-9-17(10-8-15)20(26)21(27)24-22-23-18-11-12-25(14-19(18)28-22)13-16-5-3-2-4-6-16/h2-10H,11-14H2,1H3,(H,23,24,27). The van der Waals surface area contributed by atoms with Crippen molar-refractivity contribution in [2.45, 2.75) is 26.4 Å². The fraction of sp³-hybridized carbons (Fsp3) is 0.227. The number of nitrogens with zero attached hydrogens (tertiary/aromatic N) is 2. The molecule has 0 fully saturated rings. The summed E-state index contributed by atoms with van der Waals surface area (Å²) in [7, 11) is 0.